The molecule has 1 spiro atoms. The number of carbonyl (C=O) groups excluding carboxylic acids is 2. The number of hydrogen-bond acceptors (Lipinski definition) is 4. The van der Waals surface area contributed by atoms with Crippen molar-refractivity contribution in [3.8, 4) is 0 Å². The van der Waals surface area contributed by atoms with Crippen molar-refractivity contribution in [2.75, 3.05) is 18.1 Å². The topological polar surface area (TPSA) is 55.8 Å². The van der Waals surface area contributed by atoms with E-state index in [1.807, 2.05) is 36.4 Å². The van der Waals surface area contributed by atoms with E-state index in [4.69, 9.17) is 9.47 Å². The van der Waals surface area contributed by atoms with Crippen molar-refractivity contribution in [3.05, 3.63) is 42.0 Å². The highest BCUT2D eigenvalue weighted by atomic mass is 16.6. The number of fused-ring (bicyclic) bond motifs is 1. The number of ether oxygens (including phenoxy) is 2. The maximum Gasteiger partial charge on any atom is 0.312 e. The van der Waals surface area contributed by atoms with E-state index in [1.54, 1.807) is 11.8 Å². The molecule has 0 saturated carbocycles. The van der Waals surface area contributed by atoms with Gasteiger partial charge >= 0.3 is 5.97 Å². The smallest absolute Gasteiger partial charge is 0.312 e. The van der Waals surface area contributed by atoms with Crippen molar-refractivity contribution in [3.63, 3.8) is 0 Å². The summed E-state index contributed by atoms with van der Waals surface area (Å²) < 4.78 is 11.3. The molecular weight excluding hydrogens is 306 g/mol. The minimum Gasteiger partial charge on any atom is -0.466 e. The predicted molar refractivity (Wildman–Crippen MR) is 88.5 cm³/mol. The van der Waals surface area contributed by atoms with Gasteiger partial charge in [0.1, 0.15) is 11.5 Å². The molecule has 24 heavy (non-hydrogen) atoms. The summed E-state index contributed by atoms with van der Waals surface area (Å²) in [6.45, 7) is 4.61. The first kappa shape index (κ1) is 15.4. The fraction of sp³-hybridized carbons (Fsp3) is 0.474. The van der Waals surface area contributed by atoms with E-state index in [2.05, 4.69) is 6.92 Å². The fourth-order valence-electron chi connectivity index (χ4n) is 4.28. The second-order valence-corrected chi connectivity index (χ2v) is 6.56. The molecule has 3 heterocycles. The van der Waals surface area contributed by atoms with Crippen molar-refractivity contribution < 1.29 is 19.1 Å². The van der Waals surface area contributed by atoms with Crippen LogP contribution in [0.25, 0.3) is 0 Å². The molecule has 4 atom stereocenters. The molecule has 3 aliphatic heterocycles. The maximum absolute atomic E-state index is 13.2. The van der Waals surface area contributed by atoms with Crippen LogP contribution in [0.15, 0.2) is 36.4 Å². The van der Waals surface area contributed by atoms with Crippen LogP contribution in [0.3, 0.4) is 0 Å². The molecule has 2 fully saturated rings. The molecule has 0 N–H and O–H groups in total. The normalized spacial score (nSPS) is 33.2. The number of anilines is 1. The van der Waals surface area contributed by atoms with Gasteiger partial charge in [0.15, 0.2) is 0 Å². The van der Waals surface area contributed by atoms with Gasteiger partial charge in [-0.2, -0.15) is 0 Å². The highest BCUT2D eigenvalue weighted by Gasteiger charge is 2.67. The summed E-state index contributed by atoms with van der Waals surface area (Å²) in [6, 6.07) is 7.91. The number of nitrogens with zero attached hydrogens (tertiary/aromatic N) is 1. The monoisotopic (exact) mass is 327 g/mol. The van der Waals surface area contributed by atoms with Crippen molar-refractivity contribution >= 4 is 17.6 Å². The molecule has 126 valence electrons. The number of benzene rings is 1. The van der Waals surface area contributed by atoms with Gasteiger partial charge in [0.2, 0.25) is 5.91 Å². The van der Waals surface area contributed by atoms with Crippen LogP contribution in [0.5, 0.6) is 0 Å². The van der Waals surface area contributed by atoms with Crippen molar-refractivity contribution in [1.82, 2.24) is 0 Å². The third kappa shape index (κ3) is 1.97. The van der Waals surface area contributed by atoms with Crippen LogP contribution < -0.4 is 4.90 Å². The predicted octanol–water partition coefficient (Wildman–Crippen LogP) is 2.10. The minimum atomic E-state index is -0.694. The molecule has 4 rings (SSSR count). The average Bonchev–Trinajstić information content (AvgIpc) is 3.23. The van der Waals surface area contributed by atoms with Crippen LogP contribution in [0.2, 0.25) is 0 Å². The zero-order chi connectivity index (χ0) is 16.9. The second kappa shape index (κ2) is 5.45. The Kier molecular flexibility index (Phi) is 3.49. The molecule has 5 nitrogen and oxygen atoms in total. The van der Waals surface area contributed by atoms with Crippen LogP contribution in [-0.2, 0) is 25.5 Å². The van der Waals surface area contributed by atoms with Crippen LogP contribution in [0, 0.1) is 11.8 Å². The van der Waals surface area contributed by atoms with Gasteiger partial charge in [-0.15, -0.1) is 0 Å². The summed E-state index contributed by atoms with van der Waals surface area (Å²) in [6.07, 6.45) is 4.37. The first-order valence-electron chi connectivity index (χ1n) is 8.54. The molecule has 5 heteroatoms. The van der Waals surface area contributed by atoms with Gasteiger partial charge in [-0.1, -0.05) is 37.3 Å². The minimum absolute atomic E-state index is 0.0409. The molecule has 3 aliphatic rings. The lowest BCUT2D eigenvalue weighted by Crippen LogP contribution is -2.40. The third-order valence-corrected chi connectivity index (χ3v) is 5.32. The lowest BCUT2D eigenvalue weighted by molar-refractivity contribution is -0.151. The lowest BCUT2D eigenvalue weighted by Gasteiger charge is -2.23. The molecule has 0 radical (unpaired) electrons. The van der Waals surface area contributed by atoms with Crippen molar-refractivity contribution in [2.24, 2.45) is 11.8 Å². The number of carbonyl (C=O) groups is 2. The van der Waals surface area contributed by atoms with Crippen LogP contribution in [-0.4, -0.2) is 36.7 Å². The van der Waals surface area contributed by atoms with Gasteiger partial charge in [0, 0.05) is 5.69 Å². The summed E-state index contributed by atoms with van der Waals surface area (Å²) in [7, 11) is 0. The molecule has 0 aromatic heterocycles. The highest BCUT2D eigenvalue weighted by Crippen LogP contribution is 2.53. The van der Waals surface area contributed by atoms with Crippen molar-refractivity contribution in [2.45, 2.75) is 32.0 Å². The molecular formula is C19H21NO4. The molecule has 1 aromatic carbocycles. The standard InChI is InChI=1S/C19H21NO4/c1-3-12-7-5-6-8-13(12)20-11-19-10-9-14(24-19)15(16(19)17(20)21)18(22)23-4-2/h5-10,14-16H,3-4,11H2,1-2H3/t14-,15-,16+,19-/m1/s1. The number of hydrogen-bond donors (Lipinski definition) is 0. The maximum atomic E-state index is 13.2. The zero-order valence-electron chi connectivity index (χ0n) is 13.9. The largest absolute Gasteiger partial charge is 0.466 e. The first-order chi connectivity index (χ1) is 11.6. The van der Waals surface area contributed by atoms with Gasteiger partial charge in [-0.3, -0.25) is 9.59 Å². The Morgan fingerprint density at radius 2 is 2.17 bits per heavy atom. The Bertz CT molecular complexity index is 728. The summed E-state index contributed by atoms with van der Waals surface area (Å²) in [5.41, 5.74) is 1.34. The van der Waals surface area contributed by atoms with E-state index < -0.39 is 17.4 Å². The van der Waals surface area contributed by atoms with Gasteiger partial charge in [0.05, 0.1) is 25.2 Å². The Hall–Kier alpha value is -2.14. The summed E-state index contributed by atoms with van der Waals surface area (Å²) >= 11 is 0. The van der Waals surface area contributed by atoms with Crippen LogP contribution in [0.4, 0.5) is 5.69 Å². The Balaban J connectivity index is 1.71. The van der Waals surface area contributed by atoms with E-state index in [-0.39, 0.29) is 18.0 Å². The molecule has 1 amide bonds. The van der Waals surface area contributed by atoms with Gasteiger partial charge in [-0.05, 0) is 25.0 Å². The number of aryl methyl sites for hydroxylation is 1. The summed E-state index contributed by atoms with van der Waals surface area (Å²) in [5, 5.41) is 0. The molecule has 1 aromatic rings. The van der Waals surface area contributed by atoms with Gasteiger partial charge in [0.25, 0.3) is 0 Å². The van der Waals surface area contributed by atoms with E-state index in [0.29, 0.717) is 13.2 Å². The Morgan fingerprint density at radius 3 is 2.92 bits per heavy atom. The average molecular weight is 327 g/mol. The van der Waals surface area contributed by atoms with E-state index in [0.717, 1.165) is 17.7 Å². The fourth-order valence-corrected chi connectivity index (χ4v) is 4.28. The number of esters is 1. The zero-order valence-corrected chi connectivity index (χ0v) is 13.9. The van der Waals surface area contributed by atoms with Gasteiger partial charge < -0.3 is 14.4 Å². The lowest BCUT2D eigenvalue weighted by atomic mass is 9.77. The quantitative estimate of drug-likeness (QED) is 0.628. The summed E-state index contributed by atoms with van der Waals surface area (Å²) in [5.74, 6) is -1.41. The molecule has 0 aliphatic carbocycles. The van der Waals surface area contributed by atoms with E-state index >= 15 is 0 Å². The van der Waals surface area contributed by atoms with E-state index in [9.17, 15) is 9.59 Å². The number of para-hydroxylation sites is 1. The SMILES string of the molecule is CCOC(=O)[C@H]1[C@H]2C(=O)N(c3ccccc3CC)C[C@]23C=C[C@H]1O3. The van der Waals surface area contributed by atoms with Crippen LogP contribution >= 0.6 is 0 Å². The third-order valence-electron chi connectivity index (χ3n) is 5.32. The van der Waals surface area contributed by atoms with Gasteiger partial charge in [-0.25, -0.2) is 0 Å². The van der Waals surface area contributed by atoms with Crippen LogP contribution in [0.1, 0.15) is 19.4 Å². The number of amides is 1. The second-order valence-electron chi connectivity index (χ2n) is 6.56. The first-order valence-corrected chi connectivity index (χ1v) is 8.54. The Labute approximate surface area is 141 Å². The number of rotatable bonds is 4. The molecule has 2 bridgehead atoms. The molecule has 0 unspecified atom stereocenters. The highest BCUT2D eigenvalue weighted by molar-refractivity contribution is 6.03. The molecule has 2 saturated heterocycles. The summed E-state index contributed by atoms with van der Waals surface area (Å²) in [4.78, 5) is 27.3. The van der Waals surface area contributed by atoms with Crippen molar-refractivity contribution in [1.29, 1.82) is 0 Å². The Morgan fingerprint density at radius 1 is 1.38 bits per heavy atom. The van der Waals surface area contributed by atoms with E-state index in [1.165, 1.54) is 0 Å².